The maximum Gasteiger partial charge on any atom is 0.351 e. The van der Waals surface area contributed by atoms with E-state index in [4.69, 9.17) is 14.2 Å². The van der Waals surface area contributed by atoms with Gasteiger partial charge in [0.05, 0.1) is 5.69 Å². The fourth-order valence-corrected chi connectivity index (χ4v) is 4.16. The van der Waals surface area contributed by atoms with Crippen molar-refractivity contribution in [3.8, 4) is 40.6 Å². The smallest absolute Gasteiger partial charge is 0.351 e. The first kappa shape index (κ1) is 20.9. The summed E-state index contributed by atoms with van der Waals surface area (Å²) < 4.78 is 19.0. The Kier molecular flexibility index (Phi) is 5.35. The van der Waals surface area contributed by atoms with Crippen molar-refractivity contribution in [3.05, 3.63) is 94.3 Å². The van der Waals surface area contributed by atoms with Crippen molar-refractivity contribution in [2.75, 3.05) is 13.2 Å². The van der Waals surface area contributed by atoms with Crippen molar-refractivity contribution in [2.45, 2.75) is 19.1 Å². The lowest BCUT2D eigenvalue weighted by Crippen LogP contribution is -2.35. The highest BCUT2D eigenvalue weighted by Gasteiger charge is 2.24. The Balaban J connectivity index is 1.22. The van der Waals surface area contributed by atoms with E-state index in [2.05, 4.69) is 32.9 Å². The number of fused-ring (bicyclic) bond motifs is 4. The van der Waals surface area contributed by atoms with Gasteiger partial charge in [0.2, 0.25) is 5.88 Å². The normalized spacial score (nSPS) is 15.3. The van der Waals surface area contributed by atoms with E-state index in [0.717, 1.165) is 34.4 Å². The molecule has 35 heavy (non-hydrogen) atoms. The molecule has 0 N–H and O–H groups in total. The molecule has 5 heterocycles. The molecule has 2 aliphatic heterocycles. The number of aromatic nitrogens is 4. The van der Waals surface area contributed by atoms with E-state index in [1.54, 1.807) is 41.4 Å². The van der Waals surface area contributed by atoms with Gasteiger partial charge in [-0.2, -0.15) is 4.98 Å². The average Bonchev–Trinajstić information content (AvgIpc) is 2.91. The second-order valence-corrected chi connectivity index (χ2v) is 8.19. The van der Waals surface area contributed by atoms with Crippen molar-refractivity contribution in [1.29, 1.82) is 0 Å². The number of hydrogen-bond donors (Lipinski definition) is 0. The molecule has 8 heteroatoms. The van der Waals surface area contributed by atoms with Crippen LogP contribution in [0.4, 0.5) is 0 Å². The number of aryl methyl sites for hydroxylation is 1. The summed E-state index contributed by atoms with van der Waals surface area (Å²) in [5.41, 5.74) is 4.40. The van der Waals surface area contributed by atoms with E-state index in [-0.39, 0.29) is 24.3 Å². The molecule has 6 rings (SSSR count). The molecule has 0 saturated carbocycles. The SMILES string of the molecule is O=c1nc(OCC2COc3ncccc3O2)cc2n1CCc1cc(C#Cc3ccncc3)ccc1-2. The summed E-state index contributed by atoms with van der Waals surface area (Å²) in [5, 5.41) is 0. The largest absolute Gasteiger partial charge is 0.478 e. The number of benzene rings is 1. The van der Waals surface area contributed by atoms with E-state index < -0.39 is 0 Å². The zero-order chi connectivity index (χ0) is 23.6. The Morgan fingerprint density at radius 1 is 1.06 bits per heavy atom. The van der Waals surface area contributed by atoms with Gasteiger partial charge in [-0.05, 0) is 48.4 Å². The highest BCUT2D eigenvalue weighted by Crippen LogP contribution is 2.31. The maximum absolute atomic E-state index is 12.7. The molecule has 0 amide bonds. The van der Waals surface area contributed by atoms with Gasteiger partial charge in [0.25, 0.3) is 5.88 Å². The molecule has 1 atom stereocenters. The number of rotatable bonds is 3. The number of nitrogens with zero attached hydrogens (tertiary/aromatic N) is 4. The number of hydrogen-bond acceptors (Lipinski definition) is 7. The molecule has 1 unspecified atom stereocenters. The van der Waals surface area contributed by atoms with Crippen LogP contribution < -0.4 is 19.9 Å². The van der Waals surface area contributed by atoms with Gasteiger partial charge in [-0.3, -0.25) is 9.55 Å². The van der Waals surface area contributed by atoms with Crippen LogP contribution in [0.3, 0.4) is 0 Å². The third kappa shape index (κ3) is 4.32. The van der Waals surface area contributed by atoms with Gasteiger partial charge >= 0.3 is 5.69 Å². The minimum Gasteiger partial charge on any atom is -0.478 e. The van der Waals surface area contributed by atoms with Crippen LogP contribution in [0.25, 0.3) is 11.3 Å². The van der Waals surface area contributed by atoms with E-state index in [9.17, 15) is 4.79 Å². The lowest BCUT2D eigenvalue weighted by Gasteiger charge is -2.25. The maximum atomic E-state index is 12.7. The Labute approximate surface area is 201 Å². The molecule has 0 radical (unpaired) electrons. The summed E-state index contributed by atoms with van der Waals surface area (Å²) in [6, 6.07) is 15.2. The second kappa shape index (κ2) is 8.95. The van der Waals surface area contributed by atoms with Crippen LogP contribution >= 0.6 is 0 Å². The summed E-state index contributed by atoms with van der Waals surface area (Å²) >= 11 is 0. The first-order valence-corrected chi connectivity index (χ1v) is 11.3. The fourth-order valence-electron chi connectivity index (χ4n) is 4.16. The van der Waals surface area contributed by atoms with Gasteiger partial charge < -0.3 is 14.2 Å². The number of pyridine rings is 2. The molecule has 8 nitrogen and oxygen atoms in total. The summed E-state index contributed by atoms with van der Waals surface area (Å²) in [7, 11) is 0. The summed E-state index contributed by atoms with van der Waals surface area (Å²) in [6.45, 7) is 1.06. The quantitative estimate of drug-likeness (QED) is 0.431. The predicted octanol–water partition coefficient (Wildman–Crippen LogP) is 2.88. The highest BCUT2D eigenvalue weighted by atomic mass is 16.6. The average molecular weight is 464 g/mol. The van der Waals surface area contributed by atoms with Crippen molar-refractivity contribution in [1.82, 2.24) is 19.5 Å². The lowest BCUT2D eigenvalue weighted by molar-refractivity contribution is 0.0486. The third-order valence-corrected chi connectivity index (χ3v) is 5.86. The van der Waals surface area contributed by atoms with E-state index in [1.807, 2.05) is 24.3 Å². The molecule has 0 aliphatic carbocycles. The van der Waals surface area contributed by atoms with Crippen LogP contribution in [-0.2, 0) is 13.0 Å². The van der Waals surface area contributed by atoms with Crippen molar-refractivity contribution in [2.24, 2.45) is 0 Å². The molecule has 0 bridgehead atoms. The van der Waals surface area contributed by atoms with E-state index >= 15 is 0 Å². The molecular formula is C27H20N4O4. The molecule has 1 aromatic carbocycles. The summed E-state index contributed by atoms with van der Waals surface area (Å²) in [6.07, 6.45) is 5.50. The van der Waals surface area contributed by atoms with Crippen LogP contribution in [0.15, 0.2) is 71.9 Å². The van der Waals surface area contributed by atoms with Gasteiger partial charge in [0, 0.05) is 47.9 Å². The molecular weight excluding hydrogens is 444 g/mol. The monoisotopic (exact) mass is 464 g/mol. The van der Waals surface area contributed by atoms with Gasteiger partial charge in [-0.25, -0.2) is 9.78 Å². The Morgan fingerprint density at radius 2 is 1.94 bits per heavy atom. The van der Waals surface area contributed by atoms with Gasteiger partial charge in [0.15, 0.2) is 11.9 Å². The third-order valence-electron chi connectivity index (χ3n) is 5.86. The Hall–Kier alpha value is -4.64. The summed E-state index contributed by atoms with van der Waals surface area (Å²) in [4.78, 5) is 25.0. The van der Waals surface area contributed by atoms with Crippen LogP contribution in [-0.4, -0.2) is 38.8 Å². The van der Waals surface area contributed by atoms with E-state index in [0.29, 0.717) is 24.8 Å². The topological polar surface area (TPSA) is 88.4 Å². The van der Waals surface area contributed by atoms with Crippen molar-refractivity contribution in [3.63, 3.8) is 0 Å². The van der Waals surface area contributed by atoms with Gasteiger partial charge in [-0.1, -0.05) is 17.9 Å². The van der Waals surface area contributed by atoms with E-state index in [1.165, 1.54) is 0 Å². The van der Waals surface area contributed by atoms with Crippen molar-refractivity contribution >= 4 is 0 Å². The van der Waals surface area contributed by atoms with Crippen LogP contribution in [0.2, 0.25) is 0 Å². The van der Waals surface area contributed by atoms with Crippen LogP contribution in [0.1, 0.15) is 16.7 Å². The molecule has 172 valence electrons. The molecule has 0 fully saturated rings. The predicted molar refractivity (Wildman–Crippen MR) is 127 cm³/mol. The van der Waals surface area contributed by atoms with Gasteiger partial charge in [0.1, 0.15) is 13.2 Å². The minimum atomic E-state index is -0.333. The summed E-state index contributed by atoms with van der Waals surface area (Å²) in [5.74, 6) is 7.67. The molecule has 0 spiro atoms. The minimum absolute atomic E-state index is 0.195. The number of ether oxygens (including phenoxy) is 3. The van der Waals surface area contributed by atoms with Crippen LogP contribution in [0, 0.1) is 11.8 Å². The first-order valence-electron chi connectivity index (χ1n) is 11.3. The first-order chi connectivity index (χ1) is 17.2. The fraction of sp³-hybridized carbons (Fsp3) is 0.185. The molecule has 2 aliphatic rings. The molecule has 4 aromatic rings. The zero-order valence-corrected chi connectivity index (χ0v) is 18.7. The van der Waals surface area contributed by atoms with Crippen LogP contribution in [0.5, 0.6) is 17.5 Å². The van der Waals surface area contributed by atoms with Gasteiger partial charge in [-0.15, -0.1) is 0 Å². The molecule has 0 saturated heterocycles. The Bertz CT molecular complexity index is 1520. The Morgan fingerprint density at radius 3 is 2.86 bits per heavy atom. The standard InChI is InChI=1S/C27H20N4O4/c32-27-30-25(33-16-21-17-34-26-24(35-21)2-1-10-29-26)15-23-22-6-5-19(14-20(22)9-13-31(23)27)4-3-18-7-11-28-12-8-18/h1-2,5-8,10-12,14-15,21H,9,13,16-17H2. The zero-order valence-electron chi connectivity index (χ0n) is 18.7. The molecule has 3 aromatic heterocycles. The highest BCUT2D eigenvalue weighted by molar-refractivity contribution is 5.68. The lowest BCUT2D eigenvalue weighted by atomic mass is 9.95. The second-order valence-electron chi connectivity index (χ2n) is 8.19. The van der Waals surface area contributed by atoms with Crippen molar-refractivity contribution < 1.29 is 14.2 Å².